The van der Waals surface area contributed by atoms with Crippen molar-refractivity contribution in [3.8, 4) is 0 Å². The lowest BCUT2D eigenvalue weighted by molar-refractivity contribution is 0.532. The molecule has 52 valence electrons. The molecule has 4 bridgehead atoms. The summed E-state index contributed by atoms with van der Waals surface area (Å²) >= 11 is 0. The van der Waals surface area contributed by atoms with Gasteiger partial charge in [-0.1, -0.05) is 24.3 Å². The maximum absolute atomic E-state index is 4.15. The summed E-state index contributed by atoms with van der Waals surface area (Å²) in [6.07, 6.45) is 2.88. The fraction of sp³-hybridized carbons (Fsp3) is 0.600. The van der Waals surface area contributed by atoms with Crippen LogP contribution in [0.3, 0.4) is 0 Å². The fourth-order valence-electron chi connectivity index (χ4n) is 3.47. The van der Waals surface area contributed by atoms with Crippen LogP contribution in [0.4, 0.5) is 0 Å². The van der Waals surface area contributed by atoms with Gasteiger partial charge in [-0.05, 0) is 30.6 Å². The summed E-state index contributed by atoms with van der Waals surface area (Å²) in [4.78, 5) is 0. The van der Waals surface area contributed by atoms with E-state index < -0.39 is 0 Å². The number of hydrogen-bond acceptors (Lipinski definition) is 0. The summed E-state index contributed by atoms with van der Waals surface area (Å²) in [6, 6.07) is 0. The molecule has 0 aromatic carbocycles. The zero-order chi connectivity index (χ0) is 6.88. The molecule has 0 radical (unpaired) electrons. The molecule has 0 aromatic rings. The highest BCUT2D eigenvalue weighted by molar-refractivity contribution is 5.41. The van der Waals surface area contributed by atoms with Gasteiger partial charge in [0.2, 0.25) is 0 Å². The molecule has 0 amide bonds. The van der Waals surface area contributed by atoms with Gasteiger partial charge in [0.1, 0.15) is 0 Å². The molecule has 0 heterocycles. The fourth-order valence-corrected chi connectivity index (χ4v) is 3.47. The largest absolute Gasteiger partial charge is 0.0989 e. The molecule has 2 atom stereocenters. The van der Waals surface area contributed by atoms with Crippen molar-refractivity contribution in [3.63, 3.8) is 0 Å². The minimum absolute atomic E-state index is 0.759. The van der Waals surface area contributed by atoms with Crippen LogP contribution in [0.2, 0.25) is 0 Å². The molecule has 0 heteroatoms. The Balaban J connectivity index is 2.22. The molecule has 4 aliphatic carbocycles. The van der Waals surface area contributed by atoms with Crippen molar-refractivity contribution in [2.45, 2.75) is 12.8 Å². The van der Waals surface area contributed by atoms with Gasteiger partial charge in [0.25, 0.3) is 0 Å². The minimum Gasteiger partial charge on any atom is -0.0989 e. The number of allylic oxidation sites excluding steroid dienone is 2. The molecule has 4 fully saturated rings. The summed E-state index contributed by atoms with van der Waals surface area (Å²) < 4.78 is 0. The second kappa shape index (κ2) is 1.25. The van der Waals surface area contributed by atoms with Crippen LogP contribution < -0.4 is 0 Å². The second-order valence-corrected chi connectivity index (χ2v) is 4.07. The Morgan fingerprint density at radius 3 is 1.70 bits per heavy atom. The van der Waals surface area contributed by atoms with Crippen molar-refractivity contribution in [1.29, 1.82) is 0 Å². The number of hydrogen-bond donors (Lipinski definition) is 0. The third-order valence-electron chi connectivity index (χ3n) is 3.82. The molecule has 0 aromatic heterocycles. The zero-order valence-corrected chi connectivity index (χ0v) is 6.14. The molecule has 0 spiro atoms. The van der Waals surface area contributed by atoms with Crippen LogP contribution in [0.25, 0.3) is 0 Å². The average molecular weight is 132 g/mol. The molecule has 0 aliphatic heterocycles. The van der Waals surface area contributed by atoms with Gasteiger partial charge in [-0.25, -0.2) is 0 Å². The molecule has 0 nitrogen and oxygen atoms in total. The van der Waals surface area contributed by atoms with E-state index in [0.29, 0.717) is 0 Å². The van der Waals surface area contributed by atoms with Gasteiger partial charge < -0.3 is 0 Å². The van der Waals surface area contributed by atoms with E-state index >= 15 is 0 Å². The molecule has 4 aliphatic rings. The van der Waals surface area contributed by atoms with Gasteiger partial charge >= 0.3 is 0 Å². The van der Waals surface area contributed by atoms with Crippen LogP contribution in [0.1, 0.15) is 12.8 Å². The van der Waals surface area contributed by atoms with Crippen LogP contribution in [-0.4, -0.2) is 0 Å². The van der Waals surface area contributed by atoms with Crippen molar-refractivity contribution in [1.82, 2.24) is 0 Å². The summed E-state index contributed by atoms with van der Waals surface area (Å²) in [7, 11) is 0. The predicted octanol–water partition coefficient (Wildman–Crippen LogP) is 2.38. The lowest BCUT2D eigenvalue weighted by Gasteiger charge is -2.08. The number of rotatable bonds is 0. The van der Waals surface area contributed by atoms with Crippen LogP contribution in [0, 0.1) is 23.7 Å². The predicted molar refractivity (Wildman–Crippen MR) is 41.5 cm³/mol. The van der Waals surface area contributed by atoms with E-state index in [4.69, 9.17) is 0 Å². The normalized spacial score (nSPS) is 55.6. The summed E-state index contributed by atoms with van der Waals surface area (Å²) in [5, 5.41) is 0. The molecule has 4 saturated carbocycles. The first-order valence-corrected chi connectivity index (χ1v) is 4.16. The second-order valence-electron chi connectivity index (χ2n) is 4.07. The first kappa shape index (κ1) is 5.17. The van der Waals surface area contributed by atoms with Crippen LogP contribution in [-0.2, 0) is 0 Å². The highest BCUT2D eigenvalue weighted by Gasteiger charge is 2.58. The van der Waals surface area contributed by atoms with Gasteiger partial charge in [0.05, 0.1) is 0 Å². The van der Waals surface area contributed by atoms with E-state index in [9.17, 15) is 0 Å². The van der Waals surface area contributed by atoms with E-state index in [1.165, 1.54) is 24.0 Å². The molecule has 4 rings (SSSR count). The molecular formula is C10H12. The Morgan fingerprint density at radius 2 is 1.50 bits per heavy atom. The molecule has 0 N–H and O–H groups in total. The van der Waals surface area contributed by atoms with Crippen LogP contribution in [0.5, 0.6) is 0 Å². The van der Waals surface area contributed by atoms with E-state index in [-0.39, 0.29) is 0 Å². The van der Waals surface area contributed by atoms with Gasteiger partial charge in [0, 0.05) is 5.92 Å². The Bertz CT molecular complexity index is 212. The smallest absolute Gasteiger partial charge is 0.00363 e. The van der Waals surface area contributed by atoms with Crippen LogP contribution in [0.15, 0.2) is 24.3 Å². The molecule has 2 unspecified atom stereocenters. The van der Waals surface area contributed by atoms with E-state index in [1.807, 2.05) is 0 Å². The summed E-state index contributed by atoms with van der Waals surface area (Å²) in [6.45, 7) is 8.30. The monoisotopic (exact) mass is 132 g/mol. The average Bonchev–Trinajstić information content (AvgIpc) is 2.51. The van der Waals surface area contributed by atoms with Gasteiger partial charge in [-0.3, -0.25) is 0 Å². The van der Waals surface area contributed by atoms with Crippen molar-refractivity contribution in [2.24, 2.45) is 23.7 Å². The van der Waals surface area contributed by atoms with Crippen molar-refractivity contribution in [3.05, 3.63) is 24.3 Å². The SMILES string of the molecule is C=C1C2CC3CC2C(=C)C13. The first-order chi connectivity index (χ1) is 4.79. The van der Waals surface area contributed by atoms with Gasteiger partial charge in [-0.2, -0.15) is 0 Å². The molecule has 10 heavy (non-hydrogen) atoms. The summed E-state index contributed by atoms with van der Waals surface area (Å²) in [5.74, 6) is 3.45. The summed E-state index contributed by atoms with van der Waals surface area (Å²) in [5.41, 5.74) is 3.04. The zero-order valence-electron chi connectivity index (χ0n) is 6.14. The van der Waals surface area contributed by atoms with Crippen molar-refractivity contribution < 1.29 is 0 Å². The maximum atomic E-state index is 4.15. The Hall–Kier alpha value is -0.520. The van der Waals surface area contributed by atoms with E-state index in [1.54, 1.807) is 0 Å². The third kappa shape index (κ3) is 0.317. The lowest BCUT2D eigenvalue weighted by Crippen LogP contribution is -1.99. The highest BCUT2D eigenvalue weighted by Crippen LogP contribution is 2.67. The molecular weight excluding hydrogens is 120 g/mol. The Morgan fingerprint density at radius 1 is 1.00 bits per heavy atom. The highest BCUT2D eigenvalue weighted by atomic mass is 14.6. The Kier molecular flexibility index (Phi) is 0.647. The van der Waals surface area contributed by atoms with Gasteiger partial charge in [-0.15, -0.1) is 0 Å². The van der Waals surface area contributed by atoms with E-state index in [2.05, 4.69) is 13.2 Å². The van der Waals surface area contributed by atoms with Gasteiger partial charge in [0.15, 0.2) is 0 Å². The minimum atomic E-state index is 0.759. The van der Waals surface area contributed by atoms with Crippen molar-refractivity contribution in [2.75, 3.05) is 0 Å². The lowest BCUT2D eigenvalue weighted by atomic mass is 9.96. The topological polar surface area (TPSA) is 0 Å². The third-order valence-corrected chi connectivity index (χ3v) is 3.82. The maximum Gasteiger partial charge on any atom is 0.00363 e. The first-order valence-electron chi connectivity index (χ1n) is 4.16. The van der Waals surface area contributed by atoms with Crippen molar-refractivity contribution >= 4 is 0 Å². The standard InChI is InChI=1S/C10H12/c1-5-8-3-7-4-9(8)6(2)10(5)7/h7-10H,1-4H2. The van der Waals surface area contributed by atoms with E-state index in [0.717, 1.165) is 23.7 Å². The quantitative estimate of drug-likeness (QED) is 0.444. The van der Waals surface area contributed by atoms with Crippen LogP contribution >= 0.6 is 0 Å². The molecule has 0 saturated heterocycles. The Labute approximate surface area is 61.6 Å².